The van der Waals surface area contributed by atoms with Gasteiger partial charge in [-0.2, -0.15) is 0 Å². The topological polar surface area (TPSA) is 86.7 Å². The lowest BCUT2D eigenvalue weighted by atomic mass is 9.67. The lowest BCUT2D eigenvalue weighted by Crippen LogP contribution is -2.58. The predicted octanol–water partition coefficient (Wildman–Crippen LogP) is -0.800. The van der Waals surface area contributed by atoms with Crippen molar-refractivity contribution in [2.75, 3.05) is 19.6 Å². The maximum Gasteiger partial charge on any atom is 0.319 e. The maximum atomic E-state index is 12.1. The average Bonchev–Trinajstić information content (AvgIpc) is 2.15. The van der Waals surface area contributed by atoms with Crippen molar-refractivity contribution in [1.82, 2.24) is 10.2 Å². The van der Waals surface area contributed by atoms with Crippen LogP contribution in [0.2, 0.25) is 0 Å². The minimum atomic E-state index is -1.25. The first-order chi connectivity index (χ1) is 7.56. The number of rotatable bonds is 2. The third-order valence-corrected chi connectivity index (χ3v) is 3.35. The number of carbonyl (C=O) groups excluding carboxylic acids is 2. The van der Waals surface area contributed by atoms with Crippen LogP contribution in [0, 0.1) is 5.41 Å². The molecule has 2 amide bonds. The molecule has 0 aromatic rings. The van der Waals surface area contributed by atoms with Crippen LogP contribution in [0.15, 0.2) is 0 Å². The molecule has 0 atom stereocenters. The first-order valence-corrected chi connectivity index (χ1v) is 5.36. The van der Waals surface area contributed by atoms with Gasteiger partial charge in [-0.05, 0) is 12.8 Å². The van der Waals surface area contributed by atoms with Gasteiger partial charge >= 0.3 is 5.97 Å². The number of piperazine rings is 1. The Kier molecular flexibility index (Phi) is 2.57. The summed E-state index contributed by atoms with van der Waals surface area (Å²) >= 11 is 0. The monoisotopic (exact) mass is 226 g/mol. The molecular weight excluding hydrogens is 212 g/mol. The van der Waals surface area contributed by atoms with E-state index in [2.05, 4.69) is 5.32 Å². The molecule has 2 fully saturated rings. The van der Waals surface area contributed by atoms with Gasteiger partial charge in [-0.25, -0.2) is 0 Å². The molecule has 0 spiro atoms. The number of nitrogens with zero attached hydrogens (tertiary/aromatic N) is 1. The fraction of sp³-hybridized carbons (Fsp3) is 0.700. The van der Waals surface area contributed by atoms with Gasteiger partial charge in [0, 0.05) is 13.1 Å². The highest BCUT2D eigenvalue weighted by molar-refractivity contribution is 6.04. The fourth-order valence-corrected chi connectivity index (χ4v) is 2.16. The molecule has 6 heteroatoms. The smallest absolute Gasteiger partial charge is 0.319 e. The molecule has 16 heavy (non-hydrogen) atoms. The van der Waals surface area contributed by atoms with Gasteiger partial charge < -0.3 is 15.3 Å². The Hall–Kier alpha value is -1.59. The summed E-state index contributed by atoms with van der Waals surface area (Å²) in [7, 11) is 0. The van der Waals surface area contributed by atoms with E-state index in [0.717, 1.165) is 6.42 Å². The summed E-state index contributed by atoms with van der Waals surface area (Å²) in [6.45, 7) is 0.785. The molecule has 0 aromatic carbocycles. The van der Waals surface area contributed by atoms with E-state index in [1.807, 2.05) is 0 Å². The zero-order chi connectivity index (χ0) is 11.8. The van der Waals surface area contributed by atoms with Gasteiger partial charge in [0.1, 0.15) is 5.41 Å². The van der Waals surface area contributed by atoms with Gasteiger partial charge in [-0.3, -0.25) is 14.4 Å². The lowest BCUT2D eigenvalue weighted by molar-refractivity contribution is -0.168. The highest BCUT2D eigenvalue weighted by atomic mass is 16.4. The maximum absolute atomic E-state index is 12.1. The van der Waals surface area contributed by atoms with Crippen LogP contribution in [-0.2, 0) is 14.4 Å². The normalized spacial score (nSPS) is 23.2. The number of carboxylic acids is 1. The van der Waals surface area contributed by atoms with Crippen molar-refractivity contribution >= 4 is 17.8 Å². The Morgan fingerprint density at radius 3 is 2.50 bits per heavy atom. The standard InChI is InChI=1S/C10H14N2O4/c13-7-6-12(5-4-11-7)8(14)10(9(15)16)2-1-3-10/h1-6H2,(H,11,13)(H,15,16). The molecule has 1 saturated heterocycles. The lowest BCUT2D eigenvalue weighted by Gasteiger charge is -2.40. The van der Waals surface area contributed by atoms with Gasteiger partial charge in [-0.1, -0.05) is 6.42 Å². The van der Waals surface area contributed by atoms with Crippen LogP contribution in [0.4, 0.5) is 0 Å². The molecular formula is C10H14N2O4. The number of hydrogen-bond donors (Lipinski definition) is 2. The van der Waals surface area contributed by atoms with E-state index in [-0.39, 0.29) is 12.5 Å². The zero-order valence-corrected chi connectivity index (χ0v) is 8.86. The van der Waals surface area contributed by atoms with Crippen LogP contribution in [0.5, 0.6) is 0 Å². The van der Waals surface area contributed by atoms with E-state index < -0.39 is 17.3 Å². The number of aliphatic carboxylic acids is 1. The molecule has 88 valence electrons. The number of amides is 2. The van der Waals surface area contributed by atoms with Crippen LogP contribution in [0.25, 0.3) is 0 Å². The van der Waals surface area contributed by atoms with Crippen molar-refractivity contribution < 1.29 is 19.5 Å². The quantitative estimate of drug-likeness (QED) is 0.603. The minimum Gasteiger partial charge on any atom is -0.480 e. The van der Waals surface area contributed by atoms with Crippen molar-refractivity contribution in [3.05, 3.63) is 0 Å². The molecule has 2 rings (SSSR count). The predicted molar refractivity (Wildman–Crippen MR) is 53.5 cm³/mol. The summed E-state index contributed by atoms with van der Waals surface area (Å²) in [5.41, 5.74) is -1.25. The van der Waals surface area contributed by atoms with Crippen LogP contribution < -0.4 is 5.32 Å². The summed E-state index contributed by atoms with van der Waals surface area (Å²) < 4.78 is 0. The van der Waals surface area contributed by atoms with E-state index in [1.54, 1.807) is 0 Å². The van der Waals surface area contributed by atoms with Gasteiger partial charge in [0.25, 0.3) is 0 Å². The van der Waals surface area contributed by atoms with Gasteiger partial charge in [0.15, 0.2) is 0 Å². The molecule has 1 aliphatic heterocycles. The van der Waals surface area contributed by atoms with Gasteiger partial charge in [0.2, 0.25) is 11.8 Å². The van der Waals surface area contributed by atoms with E-state index in [1.165, 1.54) is 4.90 Å². The molecule has 0 unspecified atom stereocenters. The van der Waals surface area contributed by atoms with Crippen molar-refractivity contribution in [3.63, 3.8) is 0 Å². The molecule has 0 bridgehead atoms. The van der Waals surface area contributed by atoms with Crippen molar-refractivity contribution in [2.45, 2.75) is 19.3 Å². The highest BCUT2D eigenvalue weighted by Gasteiger charge is 2.53. The average molecular weight is 226 g/mol. The third-order valence-electron chi connectivity index (χ3n) is 3.35. The van der Waals surface area contributed by atoms with E-state index in [0.29, 0.717) is 25.9 Å². The molecule has 0 radical (unpaired) electrons. The Morgan fingerprint density at radius 1 is 1.38 bits per heavy atom. The second-order valence-electron chi connectivity index (χ2n) is 4.32. The minimum absolute atomic E-state index is 0.0200. The second-order valence-corrected chi connectivity index (χ2v) is 4.32. The molecule has 6 nitrogen and oxygen atoms in total. The Bertz CT molecular complexity index is 349. The largest absolute Gasteiger partial charge is 0.480 e. The Morgan fingerprint density at radius 2 is 2.06 bits per heavy atom. The van der Waals surface area contributed by atoms with Crippen molar-refractivity contribution in [3.8, 4) is 0 Å². The zero-order valence-electron chi connectivity index (χ0n) is 8.86. The third kappa shape index (κ3) is 1.54. The number of carbonyl (C=O) groups is 3. The highest BCUT2D eigenvalue weighted by Crippen LogP contribution is 2.42. The number of carboxylic acid groups (broad SMARTS) is 1. The summed E-state index contributed by atoms with van der Waals surface area (Å²) in [6, 6.07) is 0. The molecule has 2 aliphatic rings. The van der Waals surface area contributed by atoms with Crippen LogP contribution >= 0.6 is 0 Å². The van der Waals surface area contributed by atoms with E-state index in [4.69, 9.17) is 5.11 Å². The SMILES string of the molecule is O=C1CN(C(=O)C2(C(=O)O)CCC2)CCN1. The van der Waals surface area contributed by atoms with Crippen molar-refractivity contribution in [2.24, 2.45) is 5.41 Å². The summed E-state index contributed by atoms with van der Waals surface area (Å²) in [5.74, 6) is -1.68. The first kappa shape index (κ1) is 10.9. The van der Waals surface area contributed by atoms with Gasteiger partial charge in [-0.15, -0.1) is 0 Å². The van der Waals surface area contributed by atoms with Crippen molar-refractivity contribution in [1.29, 1.82) is 0 Å². The Labute approximate surface area is 92.6 Å². The van der Waals surface area contributed by atoms with E-state index in [9.17, 15) is 14.4 Å². The first-order valence-electron chi connectivity index (χ1n) is 5.36. The second kappa shape index (κ2) is 3.77. The molecule has 0 aromatic heterocycles. The summed E-state index contributed by atoms with van der Waals surface area (Å²) in [6.07, 6.45) is 1.54. The molecule has 1 saturated carbocycles. The number of nitrogens with one attached hydrogen (secondary N) is 1. The van der Waals surface area contributed by atoms with Crippen LogP contribution in [0.3, 0.4) is 0 Å². The Balaban J connectivity index is 2.11. The molecule has 1 heterocycles. The van der Waals surface area contributed by atoms with E-state index >= 15 is 0 Å². The number of hydrogen-bond acceptors (Lipinski definition) is 3. The summed E-state index contributed by atoms with van der Waals surface area (Å²) in [4.78, 5) is 35.7. The fourth-order valence-electron chi connectivity index (χ4n) is 2.16. The summed E-state index contributed by atoms with van der Waals surface area (Å²) in [5, 5.41) is 11.7. The molecule has 1 aliphatic carbocycles. The molecule has 2 N–H and O–H groups in total. The van der Waals surface area contributed by atoms with Crippen LogP contribution in [-0.4, -0.2) is 47.4 Å². The van der Waals surface area contributed by atoms with Gasteiger partial charge in [0.05, 0.1) is 6.54 Å². The van der Waals surface area contributed by atoms with Crippen LogP contribution in [0.1, 0.15) is 19.3 Å².